The van der Waals surface area contributed by atoms with Crippen LogP contribution in [0.4, 0.5) is 4.39 Å². The lowest BCUT2D eigenvalue weighted by Gasteiger charge is -2.07. The summed E-state index contributed by atoms with van der Waals surface area (Å²) < 4.78 is 23.7. The molecule has 0 atom stereocenters. The Morgan fingerprint density at radius 1 is 0.889 bits per heavy atom. The van der Waals surface area contributed by atoms with Crippen LogP contribution in [-0.2, 0) is 25.5 Å². The van der Waals surface area contributed by atoms with E-state index in [0.29, 0.717) is 37.4 Å². The van der Waals surface area contributed by atoms with Crippen LogP contribution >= 0.6 is 0 Å². The Morgan fingerprint density at radius 3 is 2.04 bits per heavy atom. The fourth-order valence-corrected chi connectivity index (χ4v) is 2.63. The molecule has 0 spiro atoms. The van der Waals surface area contributed by atoms with Gasteiger partial charge < -0.3 is 9.47 Å². The molecule has 0 bridgehead atoms. The van der Waals surface area contributed by atoms with E-state index in [0.717, 1.165) is 38.5 Å². The maximum atomic E-state index is 13.4. The molecule has 1 aromatic carbocycles. The molecule has 0 aromatic heterocycles. The second kappa shape index (κ2) is 14.2. The molecule has 27 heavy (non-hydrogen) atoms. The third kappa shape index (κ3) is 12.2. The summed E-state index contributed by atoms with van der Waals surface area (Å²) in [7, 11) is 0. The average molecular weight is 381 g/mol. The van der Waals surface area contributed by atoms with Crippen molar-refractivity contribution < 1.29 is 23.5 Å². The minimum atomic E-state index is -0.262. The topological polar surface area (TPSA) is 52.6 Å². The second-order valence-corrected chi connectivity index (χ2v) is 7.26. The zero-order valence-electron chi connectivity index (χ0n) is 16.7. The highest BCUT2D eigenvalue weighted by molar-refractivity contribution is 5.69. The van der Waals surface area contributed by atoms with Crippen molar-refractivity contribution in [3.8, 4) is 0 Å². The van der Waals surface area contributed by atoms with Crippen LogP contribution in [0.2, 0.25) is 0 Å². The number of hydrogen-bond donors (Lipinski definition) is 0. The molecule has 4 nitrogen and oxygen atoms in total. The fourth-order valence-electron chi connectivity index (χ4n) is 2.63. The van der Waals surface area contributed by atoms with Gasteiger partial charge in [0.05, 0.1) is 13.2 Å². The first-order valence-corrected chi connectivity index (χ1v) is 10.0. The van der Waals surface area contributed by atoms with Gasteiger partial charge in [-0.3, -0.25) is 9.59 Å². The summed E-state index contributed by atoms with van der Waals surface area (Å²) in [6, 6.07) is 6.52. The minimum absolute atomic E-state index is 0.109. The molecule has 0 unspecified atom stereocenters. The number of carbonyl (C=O) groups is 2. The lowest BCUT2D eigenvalue weighted by molar-refractivity contribution is -0.145. The summed E-state index contributed by atoms with van der Waals surface area (Å²) in [5.41, 5.74) is 0.568. The van der Waals surface area contributed by atoms with Gasteiger partial charge in [0.25, 0.3) is 0 Å². The predicted molar refractivity (Wildman–Crippen MR) is 104 cm³/mol. The number of esters is 2. The molecule has 0 aliphatic carbocycles. The van der Waals surface area contributed by atoms with Gasteiger partial charge >= 0.3 is 11.9 Å². The SMILES string of the molecule is CC(C)COC(=O)CCCCCCCCC(=O)OCCc1ccccc1F. The van der Waals surface area contributed by atoms with Gasteiger partial charge in [0.15, 0.2) is 0 Å². The van der Waals surface area contributed by atoms with Crippen molar-refractivity contribution in [2.24, 2.45) is 5.92 Å². The van der Waals surface area contributed by atoms with E-state index in [1.807, 2.05) is 13.8 Å². The lowest BCUT2D eigenvalue weighted by Crippen LogP contribution is -2.09. The highest BCUT2D eigenvalue weighted by atomic mass is 19.1. The number of carbonyl (C=O) groups excluding carboxylic acids is 2. The molecule has 152 valence electrons. The molecule has 0 aliphatic heterocycles. The number of benzene rings is 1. The molecule has 0 saturated heterocycles. The van der Waals surface area contributed by atoms with E-state index in [9.17, 15) is 14.0 Å². The molecule has 0 amide bonds. The van der Waals surface area contributed by atoms with E-state index in [1.165, 1.54) is 6.07 Å². The van der Waals surface area contributed by atoms with Crippen LogP contribution < -0.4 is 0 Å². The molecule has 0 fully saturated rings. The molecule has 0 radical (unpaired) electrons. The van der Waals surface area contributed by atoms with Gasteiger partial charge in [0, 0.05) is 19.3 Å². The number of rotatable bonds is 14. The van der Waals surface area contributed by atoms with Gasteiger partial charge in [-0.05, 0) is 30.4 Å². The summed E-state index contributed by atoms with van der Waals surface area (Å²) in [6.07, 6.45) is 7.02. The fraction of sp³-hybridized carbons (Fsp3) is 0.636. The van der Waals surface area contributed by atoms with Crippen LogP contribution in [0.25, 0.3) is 0 Å². The molecule has 0 aliphatic rings. The van der Waals surface area contributed by atoms with E-state index < -0.39 is 0 Å². The summed E-state index contributed by atoms with van der Waals surface area (Å²) in [5.74, 6) is -0.219. The molecule has 1 rings (SSSR count). The molecular weight excluding hydrogens is 347 g/mol. The van der Waals surface area contributed by atoms with Crippen molar-refractivity contribution in [3.63, 3.8) is 0 Å². The Morgan fingerprint density at radius 2 is 1.44 bits per heavy atom. The van der Waals surface area contributed by atoms with Crippen molar-refractivity contribution in [3.05, 3.63) is 35.6 Å². The minimum Gasteiger partial charge on any atom is -0.465 e. The number of unbranched alkanes of at least 4 members (excludes halogenated alkanes) is 5. The van der Waals surface area contributed by atoms with Crippen molar-refractivity contribution in [1.29, 1.82) is 0 Å². The van der Waals surface area contributed by atoms with E-state index in [4.69, 9.17) is 9.47 Å². The maximum absolute atomic E-state index is 13.4. The second-order valence-electron chi connectivity index (χ2n) is 7.26. The Labute approximate surface area is 162 Å². The van der Waals surface area contributed by atoms with Gasteiger partial charge in [-0.2, -0.15) is 0 Å². The predicted octanol–water partition coefficient (Wildman–Crippen LogP) is 5.23. The maximum Gasteiger partial charge on any atom is 0.305 e. The smallest absolute Gasteiger partial charge is 0.305 e. The number of hydrogen-bond acceptors (Lipinski definition) is 4. The van der Waals surface area contributed by atoms with Gasteiger partial charge in [0.2, 0.25) is 0 Å². The van der Waals surface area contributed by atoms with Gasteiger partial charge in [-0.1, -0.05) is 57.7 Å². The van der Waals surface area contributed by atoms with Crippen LogP contribution in [0.3, 0.4) is 0 Å². The first-order valence-electron chi connectivity index (χ1n) is 10.0. The van der Waals surface area contributed by atoms with E-state index in [1.54, 1.807) is 18.2 Å². The third-order valence-electron chi connectivity index (χ3n) is 4.18. The number of ether oxygens (including phenoxy) is 2. The summed E-state index contributed by atoms with van der Waals surface area (Å²) in [6.45, 7) is 4.75. The molecular formula is C22H33FO4. The van der Waals surface area contributed by atoms with Crippen LogP contribution in [0, 0.1) is 11.7 Å². The van der Waals surface area contributed by atoms with E-state index in [2.05, 4.69) is 0 Å². The summed E-state index contributed by atoms with van der Waals surface area (Å²) in [4.78, 5) is 23.1. The first kappa shape index (κ1) is 23.1. The molecule has 0 N–H and O–H groups in total. The molecule has 1 aromatic rings. The molecule has 0 saturated carbocycles. The Hall–Kier alpha value is -1.91. The Balaban J connectivity index is 1.92. The van der Waals surface area contributed by atoms with Gasteiger partial charge in [-0.25, -0.2) is 4.39 Å². The first-order chi connectivity index (χ1) is 13.0. The largest absolute Gasteiger partial charge is 0.465 e. The summed E-state index contributed by atoms with van der Waals surface area (Å²) in [5, 5.41) is 0. The standard InChI is InChI=1S/C22H33FO4/c1-18(2)17-27-22(25)14-8-6-4-3-5-7-13-21(24)26-16-15-19-11-9-10-12-20(19)23/h9-12,18H,3-8,13-17H2,1-2H3. The normalized spacial score (nSPS) is 10.8. The van der Waals surface area contributed by atoms with Gasteiger partial charge in [0.1, 0.15) is 5.82 Å². The molecule has 5 heteroatoms. The van der Waals surface area contributed by atoms with Gasteiger partial charge in [-0.15, -0.1) is 0 Å². The van der Waals surface area contributed by atoms with Crippen molar-refractivity contribution in [2.75, 3.05) is 13.2 Å². The van der Waals surface area contributed by atoms with E-state index in [-0.39, 0.29) is 24.4 Å². The third-order valence-corrected chi connectivity index (χ3v) is 4.18. The highest BCUT2D eigenvalue weighted by Crippen LogP contribution is 2.11. The zero-order valence-corrected chi connectivity index (χ0v) is 16.7. The Kier molecular flexibility index (Phi) is 12.2. The lowest BCUT2D eigenvalue weighted by atomic mass is 10.1. The quantitative estimate of drug-likeness (QED) is 0.327. The van der Waals surface area contributed by atoms with Crippen molar-refractivity contribution in [1.82, 2.24) is 0 Å². The van der Waals surface area contributed by atoms with Crippen molar-refractivity contribution in [2.45, 2.75) is 71.6 Å². The van der Waals surface area contributed by atoms with Crippen LogP contribution in [0.5, 0.6) is 0 Å². The van der Waals surface area contributed by atoms with Crippen LogP contribution in [0.1, 0.15) is 70.8 Å². The molecule has 0 heterocycles. The number of halogens is 1. The average Bonchev–Trinajstić information content (AvgIpc) is 2.63. The summed E-state index contributed by atoms with van der Waals surface area (Å²) >= 11 is 0. The van der Waals surface area contributed by atoms with E-state index >= 15 is 0 Å². The van der Waals surface area contributed by atoms with Crippen molar-refractivity contribution >= 4 is 11.9 Å². The van der Waals surface area contributed by atoms with Crippen LogP contribution in [0.15, 0.2) is 24.3 Å². The van der Waals surface area contributed by atoms with Crippen LogP contribution in [-0.4, -0.2) is 25.2 Å². The Bertz CT molecular complexity index is 557. The zero-order chi connectivity index (χ0) is 19.9. The monoisotopic (exact) mass is 380 g/mol. The highest BCUT2D eigenvalue weighted by Gasteiger charge is 2.06.